The van der Waals surface area contributed by atoms with Gasteiger partial charge in [-0.1, -0.05) is 18.2 Å². The Bertz CT molecular complexity index is 603. The minimum absolute atomic E-state index is 0.267. The molecule has 0 radical (unpaired) electrons. The predicted molar refractivity (Wildman–Crippen MR) is 87.7 cm³/mol. The van der Waals surface area contributed by atoms with Gasteiger partial charge in [-0.2, -0.15) is 0 Å². The third-order valence-corrected chi connectivity index (χ3v) is 2.96. The summed E-state index contributed by atoms with van der Waals surface area (Å²) in [5, 5.41) is 4.65. The van der Waals surface area contributed by atoms with Gasteiger partial charge < -0.3 is 22.1 Å². The summed E-state index contributed by atoms with van der Waals surface area (Å²) in [7, 11) is 0. The summed E-state index contributed by atoms with van der Waals surface area (Å²) in [6.45, 7) is 0.420. The van der Waals surface area contributed by atoms with Crippen LogP contribution in [0.25, 0.3) is 0 Å². The zero-order valence-corrected chi connectivity index (χ0v) is 13.3. The molecule has 9 nitrogen and oxygen atoms in total. The van der Waals surface area contributed by atoms with E-state index in [4.69, 9.17) is 11.5 Å². The number of nitrogens with one attached hydrogen (secondary N) is 2. The predicted octanol–water partition coefficient (Wildman–Crippen LogP) is -1.92. The molecule has 0 aromatic heterocycles. The van der Waals surface area contributed by atoms with E-state index in [1.165, 1.54) is 6.92 Å². The number of anilines is 1. The minimum atomic E-state index is -0.775. The van der Waals surface area contributed by atoms with Crippen molar-refractivity contribution in [2.45, 2.75) is 13.0 Å². The smallest absolute Gasteiger partial charge is 0.253 e. The highest BCUT2D eigenvalue weighted by atomic mass is 16.2. The summed E-state index contributed by atoms with van der Waals surface area (Å²) < 4.78 is 0. The molecule has 0 aliphatic heterocycles. The number of nitrogens with two attached hydrogens (primary N) is 2. The Labute approximate surface area is 139 Å². The van der Waals surface area contributed by atoms with Crippen LogP contribution in [-0.2, 0) is 19.2 Å². The van der Waals surface area contributed by atoms with Crippen LogP contribution in [-0.4, -0.2) is 49.3 Å². The maximum absolute atomic E-state index is 12.3. The van der Waals surface area contributed by atoms with Crippen molar-refractivity contribution in [2.24, 2.45) is 11.5 Å². The lowest BCUT2D eigenvalue weighted by atomic mass is 10.2. The molecule has 1 aromatic rings. The number of amides is 4. The van der Waals surface area contributed by atoms with Crippen LogP contribution >= 0.6 is 0 Å². The van der Waals surface area contributed by atoms with Gasteiger partial charge in [0.15, 0.2) is 0 Å². The number of benzene rings is 1. The van der Waals surface area contributed by atoms with Gasteiger partial charge in [0, 0.05) is 0 Å². The van der Waals surface area contributed by atoms with E-state index in [-0.39, 0.29) is 6.54 Å². The highest BCUT2D eigenvalue weighted by Gasteiger charge is 2.24. The van der Waals surface area contributed by atoms with Crippen LogP contribution in [0.3, 0.4) is 0 Å². The Morgan fingerprint density at radius 2 is 1.58 bits per heavy atom. The number of para-hydroxylation sites is 1. The molecule has 4 amide bonds. The standard InChI is InChI=1S/C15H21N5O4/c1-10(17)15(24)19-9-14(23)20(11-5-3-2-4-6-11)13(22)8-18-12(21)7-16/h2-6,10H,7-9,16-17H2,1H3,(H,18,21)(H,19,24)/t10-/m0/s1. The summed E-state index contributed by atoms with van der Waals surface area (Å²) in [4.78, 5) is 48.2. The van der Waals surface area contributed by atoms with Gasteiger partial charge in [-0.05, 0) is 19.1 Å². The van der Waals surface area contributed by atoms with Crippen LogP contribution in [0.2, 0.25) is 0 Å². The number of carbonyl (C=O) groups is 4. The first-order chi connectivity index (χ1) is 11.4. The van der Waals surface area contributed by atoms with Crippen molar-refractivity contribution < 1.29 is 19.2 Å². The number of imide groups is 1. The van der Waals surface area contributed by atoms with Crippen LogP contribution in [0.5, 0.6) is 0 Å². The quantitative estimate of drug-likeness (QED) is 0.457. The summed E-state index contributed by atoms with van der Waals surface area (Å²) in [6.07, 6.45) is 0. The Balaban J connectivity index is 2.85. The molecule has 0 saturated heterocycles. The topological polar surface area (TPSA) is 148 Å². The molecule has 24 heavy (non-hydrogen) atoms. The van der Waals surface area contributed by atoms with Gasteiger partial charge in [-0.3, -0.25) is 19.2 Å². The molecule has 0 aliphatic carbocycles. The molecule has 0 spiro atoms. The second kappa shape index (κ2) is 9.38. The monoisotopic (exact) mass is 335 g/mol. The van der Waals surface area contributed by atoms with Gasteiger partial charge in [0.2, 0.25) is 11.8 Å². The van der Waals surface area contributed by atoms with Crippen molar-refractivity contribution in [1.29, 1.82) is 0 Å². The lowest BCUT2D eigenvalue weighted by Gasteiger charge is -2.21. The first kappa shape index (κ1) is 19.3. The maximum atomic E-state index is 12.3. The summed E-state index contributed by atoms with van der Waals surface area (Å²) in [5.74, 6) is -2.33. The highest BCUT2D eigenvalue weighted by Crippen LogP contribution is 2.13. The van der Waals surface area contributed by atoms with Crippen molar-refractivity contribution >= 4 is 29.3 Å². The van der Waals surface area contributed by atoms with E-state index < -0.39 is 42.8 Å². The third kappa shape index (κ3) is 5.78. The van der Waals surface area contributed by atoms with Crippen molar-refractivity contribution in [1.82, 2.24) is 10.6 Å². The zero-order chi connectivity index (χ0) is 18.1. The van der Waals surface area contributed by atoms with E-state index >= 15 is 0 Å². The van der Waals surface area contributed by atoms with Gasteiger partial charge in [-0.25, -0.2) is 4.90 Å². The fourth-order valence-corrected chi connectivity index (χ4v) is 1.73. The average molecular weight is 335 g/mol. The second-order valence-electron chi connectivity index (χ2n) is 4.95. The minimum Gasteiger partial charge on any atom is -0.346 e. The molecule has 1 aromatic carbocycles. The molecule has 9 heteroatoms. The molecule has 0 aliphatic rings. The number of rotatable bonds is 7. The second-order valence-corrected chi connectivity index (χ2v) is 4.95. The Hall–Kier alpha value is -2.78. The number of nitrogens with zero attached hydrogens (tertiary/aromatic N) is 1. The van der Waals surface area contributed by atoms with E-state index in [1.807, 2.05) is 0 Å². The van der Waals surface area contributed by atoms with Crippen LogP contribution in [0.15, 0.2) is 30.3 Å². The first-order valence-electron chi connectivity index (χ1n) is 7.27. The van der Waals surface area contributed by atoms with E-state index in [2.05, 4.69) is 10.6 Å². The summed E-state index contributed by atoms with van der Waals surface area (Å²) in [5.41, 5.74) is 10.9. The molecule has 1 rings (SSSR count). The van der Waals surface area contributed by atoms with Crippen LogP contribution in [0.1, 0.15) is 6.92 Å². The Kier molecular flexibility index (Phi) is 7.53. The summed E-state index contributed by atoms with van der Waals surface area (Å²) >= 11 is 0. The molecule has 0 bridgehead atoms. The van der Waals surface area contributed by atoms with Crippen LogP contribution < -0.4 is 27.0 Å². The van der Waals surface area contributed by atoms with Gasteiger partial charge in [-0.15, -0.1) is 0 Å². The lowest BCUT2D eigenvalue weighted by Crippen LogP contribution is -2.49. The first-order valence-corrected chi connectivity index (χ1v) is 7.27. The van der Waals surface area contributed by atoms with Crippen molar-refractivity contribution in [3.8, 4) is 0 Å². The average Bonchev–Trinajstić information content (AvgIpc) is 2.58. The Morgan fingerprint density at radius 3 is 2.08 bits per heavy atom. The van der Waals surface area contributed by atoms with E-state index in [0.29, 0.717) is 5.69 Å². The van der Waals surface area contributed by atoms with Crippen molar-refractivity contribution in [2.75, 3.05) is 24.5 Å². The molecule has 6 N–H and O–H groups in total. The maximum Gasteiger partial charge on any atom is 0.253 e. The molecule has 0 saturated carbocycles. The molecular formula is C15H21N5O4. The van der Waals surface area contributed by atoms with Gasteiger partial charge in [0.05, 0.1) is 31.4 Å². The summed E-state index contributed by atoms with van der Waals surface area (Å²) in [6, 6.07) is 7.39. The number of hydrogen-bond donors (Lipinski definition) is 4. The normalized spacial score (nSPS) is 11.3. The van der Waals surface area contributed by atoms with Gasteiger partial charge >= 0.3 is 0 Å². The Morgan fingerprint density at radius 1 is 1.04 bits per heavy atom. The molecule has 1 atom stereocenters. The van der Waals surface area contributed by atoms with Crippen molar-refractivity contribution in [3.63, 3.8) is 0 Å². The number of carbonyl (C=O) groups excluding carboxylic acids is 4. The van der Waals surface area contributed by atoms with E-state index in [9.17, 15) is 19.2 Å². The fourth-order valence-electron chi connectivity index (χ4n) is 1.73. The fraction of sp³-hybridized carbons (Fsp3) is 0.333. The molecule has 130 valence electrons. The molecule has 0 fully saturated rings. The van der Waals surface area contributed by atoms with Gasteiger partial charge in [0.25, 0.3) is 11.8 Å². The van der Waals surface area contributed by atoms with E-state index in [0.717, 1.165) is 4.90 Å². The van der Waals surface area contributed by atoms with Gasteiger partial charge in [0.1, 0.15) is 0 Å². The zero-order valence-electron chi connectivity index (χ0n) is 13.3. The highest BCUT2D eigenvalue weighted by molar-refractivity contribution is 6.17. The molecule has 0 heterocycles. The molecule has 0 unspecified atom stereocenters. The SMILES string of the molecule is C[C@H](N)C(=O)NCC(=O)N(C(=O)CNC(=O)CN)c1ccccc1. The molecular weight excluding hydrogens is 314 g/mol. The number of hydrogen-bond acceptors (Lipinski definition) is 6. The van der Waals surface area contributed by atoms with Crippen LogP contribution in [0.4, 0.5) is 5.69 Å². The van der Waals surface area contributed by atoms with E-state index in [1.54, 1.807) is 30.3 Å². The largest absolute Gasteiger partial charge is 0.346 e. The van der Waals surface area contributed by atoms with Crippen LogP contribution in [0, 0.1) is 0 Å². The third-order valence-electron chi connectivity index (χ3n) is 2.96. The lowest BCUT2D eigenvalue weighted by molar-refractivity contribution is -0.129. The van der Waals surface area contributed by atoms with Crippen molar-refractivity contribution in [3.05, 3.63) is 30.3 Å².